The fourth-order valence-electron chi connectivity index (χ4n) is 2.09. The number of nitrogens with one attached hydrogen (secondary N) is 1. The van der Waals surface area contributed by atoms with Crippen molar-refractivity contribution >= 4 is 27.3 Å². The normalized spacial score (nSPS) is 10.5. The molecule has 2 rings (SSSR count). The fourth-order valence-corrected chi connectivity index (χ4v) is 2.47. The van der Waals surface area contributed by atoms with E-state index < -0.39 is 0 Å². The van der Waals surface area contributed by atoms with Gasteiger partial charge in [-0.15, -0.1) is 0 Å². The van der Waals surface area contributed by atoms with Crippen LogP contribution in [0.5, 0.6) is 0 Å². The summed E-state index contributed by atoms with van der Waals surface area (Å²) in [5.74, 6) is 0. The number of nitrogen functional groups attached to an aromatic ring is 1. The molecule has 2 aromatic carbocycles. The molecule has 0 unspecified atom stereocenters. The van der Waals surface area contributed by atoms with Crippen molar-refractivity contribution in [3.63, 3.8) is 0 Å². The van der Waals surface area contributed by atoms with Crippen LogP contribution in [0, 0.1) is 20.8 Å². The molecule has 0 bridgehead atoms. The van der Waals surface area contributed by atoms with Crippen LogP contribution >= 0.6 is 15.9 Å². The highest BCUT2D eigenvalue weighted by atomic mass is 79.9. The van der Waals surface area contributed by atoms with E-state index in [1.807, 2.05) is 18.2 Å². The van der Waals surface area contributed by atoms with Gasteiger partial charge >= 0.3 is 0 Å². The van der Waals surface area contributed by atoms with Crippen LogP contribution in [0.4, 0.5) is 11.4 Å². The Balaban J connectivity index is 2.17. The van der Waals surface area contributed by atoms with E-state index in [1.165, 1.54) is 22.3 Å². The Morgan fingerprint density at radius 2 is 1.79 bits per heavy atom. The van der Waals surface area contributed by atoms with Crippen molar-refractivity contribution in [2.75, 3.05) is 11.1 Å². The first-order chi connectivity index (χ1) is 8.99. The predicted molar refractivity (Wildman–Crippen MR) is 86.5 cm³/mol. The van der Waals surface area contributed by atoms with Gasteiger partial charge in [-0.05, 0) is 61.2 Å². The summed E-state index contributed by atoms with van der Waals surface area (Å²) in [7, 11) is 0. The van der Waals surface area contributed by atoms with Crippen molar-refractivity contribution < 1.29 is 0 Å². The molecular weight excluding hydrogens is 300 g/mol. The van der Waals surface area contributed by atoms with E-state index in [0.717, 1.165) is 22.4 Å². The summed E-state index contributed by atoms with van der Waals surface area (Å²) in [6.45, 7) is 7.28. The minimum absolute atomic E-state index is 0.760. The number of halogens is 1. The van der Waals surface area contributed by atoms with Gasteiger partial charge in [0.1, 0.15) is 0 Å². The van der Waals surface area contributed by atoms with Crippen LogP contribution in [0.25, 0.3) is 0 Å². The average Bonchev–Trinajstić information content (AvgIpc) is 2.37. The Labute approximate surface area is 123 Å². The first kappa shape index (κ1) is 13.9. The van der Waals surface area contributed by atoms with Crippen molar-refractivity contribution in [1.29, 1.82) is 0 Å². The van der Waals surface area contributed by atoms with Crippen LogP contribution in [0.2, 0.25) is 0 Å². The summed E-state index contributed by atoms with van der Waals surface area (Å²) in [4.78, 5) is 0. The lowest BCUT2D eigenvalue weighted by molar-refractivity contribution is 1.09. The fraction of sp³-hybridized carbons (Fsp3) is 0.250. The highest BCUT2D eigenvalue weighted by molar-refractivity contribution is 9.10. The molecule has 0 aliphatic rings. The van der Waals surface area contributed by atoms with Gasteiger partial charge < -0.3 is 11.1 Å². The number of benzene rings is 2. The quantitative estimate of drug-likeness (QED) is 0.813. The van der Waals surface area contributed by atoms with E-state index in [2.05, 4.69) is 54.2 Å². The molecule has 0 aromatic heterocycles. The van der Waals surface area contributed by atoms with Gasteiger partial charge in [0, 0.05) is 11.0 Å². The molecule has 100 valence electrons. The largest absolute Gasteiger partial charge is 0.397 e. The third-order valence-corrected chi connectivity index (χ3v) is 4.15. The number of nitrogens with two attached hydrogens (primary N) is 1. The van der Waals surface area contributed by atoms with Crippen LogP contribution in [0.1, 0.15) is 22.3 Å². The summed E-state index contributed by atoms with van der Waals surface area (Å²) < 4.78 is 0.998. The van der Waals surface area contributed by atoms with Crippen LogP contribution < -0.4 is 11.1 Å². The highest BCUT2D eigenvalue weighted by Gasteiger charge is 2.05. The molecule has 0 heterocycles. The van der Waals surface area contributed by atoms with E-state index >= 15 is 0 Å². The van der Waals surface area contributed by atoms with E-state index in [9.17, 15) is 0 Å². The average molecular weight is 319 g/mol. The molecule has 0 atom stereocenters. The van der Waals surface area contributed by atoms with Gasteiger partial charge in [0.25, 0.3) is 0 Å². The standard InChI is InChI=1S/C16H19BrN2/c1-10-4-5-13(12(3)11(10)2)9-19-16-7-6-14(17)8-15(16)18/h4-8,19H,9,18H2,1-3H3. The van der Waals surface area contributed by atoms with E-state index in [1.54, 1.807) is 0 Å². The molecule has 2 nitrogen and oxygen atoms in total. The molecule has 2 aromatic rings. The Hall–Kier alpha value is -1.48. The third kappa shape index (κ3) is 3.10. The minimum atomic E-state index is 0.760. The van der Waals surface area contributed by atoms with Gasteiger partial charge in [0.05, 0.1) is 11.4 Å². The first-order valence-electron chi connectivity index (χ1n) is 6.33. The molecule has 0 saturated heterocycles. The highest BCUT2D eigenvalue weighted by Crippen LogP contribution is 2.24. The van der Waals surface area contributed by atoms with E-state index in [4.69, 9.17) is 5.73 Å². The molecule has 3 N–H and O–H groups in total. The molecular formula is C16H19BrN2. The number of aryl methyl sites for hydroxylation is 1. The minimum Gasteiger partial charge on any atom is -0.397 e. The number of rotatable bonds is 3. The van der Waals surface area contributed by atoms with Crippen LogP contribution in [-0.2, 0) is 6.54 Å². The van der Waals surface area contributed by atoms with Crippen LogP contribution in [0.15, 0.2) is 34.8 Å². The zero-order valence-electron chi connectivity index (χ0n) is 11.5. The molecule has 0 aliphatic heterocycles. The van der Waals surface area contributed by atoms with E-state index in [-0.39, 0.29) is 0 Å². The SMILES string of the molecule is Cc1ccc(CNc2ccc(Br)cc2N)c(C)c1C. The summed E-state index contributed by atoms with van der Waals surface area (Å²) in [6, 6.07) is 10.3. The molecule has 3 heteroatoms. The summed E-state index contributed by atoms with van der Waals surface area (Å²) >= 11 is 3.41. The van der Waals surface area contributed by atoms with Gasteiger partial charge in [0.15, 0.2) is 0 Å². The lowest BCUT2D eigenvalue weighted by Crippen LogP contribution is -2.05. The first-order valence-corrected chi connectivity index (χ1v) is 7.13. The Morgan fingerprint density at radius 3 is 2.47 bits per heavy atom. The van der Waals surface area contributed by atoms with Gasteiger partial charge in [-0.3, -0.25) is 0 Å². The summed E-state index contributed by atoms with van der Waals surface area (Å²) in [5.41, 5.74) is 13.1. The number of hydrogen-bond donors (Lipinski definition) is 2. The van der Waals surface area contributed by atoms with Crippen LogP contribution in [0.3, 0.4) is 0 Å². The Kier molecular flexibility index (Phi) is 4.15. The molecule has 0 fully saturated rings. The Morgan fingerprint density at radius 1 is 1.05 bits per heavy atom. The van der Waals surface area contributed by atoms with Gasteiger partial charge in [-0.1, -0.05) is 28.1 Å². The maximum absolute atomic E-state index is 5.99. The van der Waals surface area contributed by atoms with Gasteiger partial charge in [-0.25, -0.2) is 0 Å². The smallest absolute Gasteiger partial charge is 0.0577 e. The lowest BCUT2D eigenvalue weighted by Gasteiger charge is -2.14. The predicted octanol–water partition coefficient (Wildman–Crippen LogP) is 4.57. The lowest BCUT2D eigenvalue weighted by atomic mass is 9.99. The van der Waals surface area contributed by atoms with Gasteiger partial charge in [0.2, 0.25) is 0 Å². The second-order valence-electron chi connectivity index (χ2n) is 4.88. The number of anilines is 2. The monoisotopic (exact) mass is 318 g/mol. The summed E-state index contributed by atoms with van der Waals surface area (Å²) in [5, 5.41) is 3.40. The van der Waals surface area contributed by atoms with Gasteiger partial charge in [-0.2, -0.15) is 0 Å². The van der Waals surface area contributed by atoms with Crippen molar-refractivity contribution in [3.8, 4) is 0 Å². The van der Waals surface area contributed by atoms with E-state index in [0.29, 0.717) is 0 Å². The second kappa shape index (κ2) is 5.66. The van der Waals surface area contributed by atoms with Crippen molar-refractivity contribution in [2.45, 2.75) is 27.3 Å². The summed E-state index contributed by atoms with van der Waals surface area (Å²) in [6.07, 6.45) is 0. The molecule has 19 heavy (non-hydrogen) atoms. The zero-order chi connectivity index (χ0) is 14.0. The molecule has 0 saturated carbocycles. The maximum Gasteiger partial charge on any atom is 0.0577 e. The topological polar surface area (TPSA) is 38.0 Å². The second-order valence-corrected chi connectivity index (χ2v) is 5.79. The molecule has 0 spiro atoms. The van der Waals surface area contributed by atoms with Crippen molar-refractivity contribution in [3.05, 3.63) is 57.1 Å². The molecule has 0 aliphatic carbocycles. The molecule has 0 radical (unpaired) electrons. The van der Waals surface area contributed by atoms with Crippen molar-refractivity contribution in [2.24, 2.45) is 0 Å². The number of hydrogen-bond acceptors (Lipinski definition) is 2. The third-order valence-electron chi connectivity index (χ3n) is 3.65. The van der Waals surface area contributed by atoms with Crippen molar-refractivity contribution in [1.82, 2.24) is 0 Å². The maximum atomic E-state index is 5.99. The Bertz CT molecular complexity index is 606. The zero-order valence-corrected chi connectivity index (χ0v) is 13.1. The molecule has 0 amide bonds. The van der Waals surface area contributed by atoms with Crippen LogP contribution in [-0.4, -0.2) is 0 Å².